The van der Waals surface area contributed by atoms with Crippen LogP contribution in [0.1, 0.15) is 0 Å². The Morgan fingerprint density at radius 1 is 1.05 bits per heavy atom. The standard InChI is InChI=1S/C12H22O7/c1-2-12(15)19-8-7-17-10-11(18-6-4-14)9-16-5-3-13/h2,11,13-14H,1,3-10H2. The summed E-state index contributed by atoms with van der Waals surface area (Å²) >= 11 is 0. The van der Waals surface area contributed by atoms with Crippen molar-refractivity contribution >= 4 is 5.97 Å². The molecule has 0 aromatic carbocycles. The third-order valence-electron chi connectivity index (χ3n) is 1.93. The molecule has 1 unspecified atom stereocenters. The first-order valence-electron chi connectivity index (χ1n) is 6.02. The van der Waals surface area contributed by atoms with E-state index in [1.54, 1.807) is 0 Å². The molecule has 0 spiro atoms. The van der Waals surface area contributed by atoms with Crippen molar-refractivity contribution in [3.8, 4) is 0 Å². The van der Waals surface area contributed by atoms with Crippen LogP contribution in [0.15, 0.2) is 12.7 Å². The first-order valence-corrected chi connectivity index (χ1v) is 6.02. The van der Waals surface area contributed by atoms with E-state index in [2.05, 4.69) is 6.58 Å². The number of carbonyl (C=O) groups excluding carboxylic acids is 1. The molecule has 1 atom stereocenters. The maximum atomic E-state index is 10.7. The molecule has 0 rings (SSSR count). The van der Waals surface area contributed by atoms with Gasteiger partial charge in [-0.1, -0.05) is 6.58 Å². The van der Waals surface area contributed by atoms with Crippen LogP contribution in [0.5, 0.6) is 0 Å². The third-order valence-corrected chi connectivity index (χ3v) is 1.93. The first kappa shape index (κ1) is 18.0. The predicted molar refractivity (Wildman–Crippen MR) is 66.7 cm³/mol. The Morgan fingerprint density at radius 2 is 1.68 bits per heavy atom. The van der Waals surface area contributed by atoms with E-state index in [1.165, 1.54) is 0 Å². The van der Waals surface area contributed by atoms with Crippen LogP contribution in [-0.2, 0) is 23.7 Å². The highest BCUT2D eigenvalue weighted by atomic mass is 16.6. The van der Waals surface area contributed by atoms with Crippen LogP contribution in [0.2, 0.25) is 0 Å². The van der Waals surface area contributed by atoms with Crippen molar-refractivity contribution in [3.05, 3.63) is 12.7 Å². The molecule has 0 saturated heterocycles. The van der Waals surface area contributed by atoms with Crippen LogP contribution in [0, 0.1) is 0 Å². The number of carbonyl (C=O) groups is 1. The molecule has 0 aliphatic rings. The van der Waals surface area contributed by atoms with Gasteiger partial charge in [-0.3, -0.25) is 0 Å². The zero-order valence-electron chi connectivity index (χ0n) is 11.0. The second-order valence-electron chi connectivity index (χ2n) is 3.46. The molecule has 0 fully saturated rings. The highest BCUT2D eigenvalue weighted by molar-refractivity contribution is 5.81. The molecule has 0 aromatic heterocycles. The summed E-state index contributed by atoms with van der Waals surface area (Å²) in [5.41, 5.74) is 0. The quantitative estimate of drug-likeness (QED) is 0.256. The maximum absolute atomic E-state index is 10.7. The van der Waals surface area contributed by atoms with Crippen LogP contribution in [0.4, 0.5) is 0 Å². The number of rotatable bonds is 13. The minimum absolute atomic E-state index is 0.0644. The van der Waals surface area contributed by atoms with E-state index < -0.39 is 5.97 Å². The van der Waals surface area contributed by atoms with Gasteiger partial charge in [-0.25, -0.2) is 4.79 Å². The van der Waals surface area contributed by atoms with Gasteiger partial charge in [-0.15, -0.1) is 0 Å². The largest absolute Gasteiger partial charge is 0.460 e. The summed E-state index contributed by atoms with van der Waals surface area (Å²) in [6.07, 6.45) is 0.740. The molecule has 0 aromatic rings. The molecule has 0 bridgehead atoms. The zero-order valence-corrected chi connectivity index (χ0v) is 11.0. The molecule has 7 nitrogen and oxygen atoms in total. The molecule has 112 valence electrons. The van der Waals surface area contributed by atoms with Gasteiger partial charge in [0.25, 0.3) is 0 Å². The van der Waals surface area contributed by atoms with E-state index in [9.17, 15) is 4.79 Å². The van der Waals surface area contributed by atoms with Crippen molar-refractivity contribution in [1.82, 2.24) is 0 Å². The molecule has 0 radical (unpaired) electrons. The van der Waals surface area contributed by atoms with Gasteiger partial charge in [0.1, 0.15) is 12.7 Å². The van der Waals surface area contributed by atoms with Gasteiger partial charge in [0, 0.05) is 6.08 Å². The molecule has 0 saturated carbocycles. The molecular formula is C12H22O7. The Labute approximate surface area is 112 Å². The van der Waals surface area contributed by atoms with E-state index in [0.29, 0.717) is 0 Å². The smallest absolute Gasteiger partial charge is 0.330 e. The Morgan fingerprint density at radius 3 is 2.26 bits per heavy atom. The van der Waals surface area contributed by atoms with E-state index in [1.807, 2.05) is 0 Å². The van der Waals surface area contributed by atoms with Crippen molar-refractivity contribution < 1.29 is 34.0 Å². The van der Waals surface area contributed by atoms with Crippen molar-refractivity contribution in [2.24, 2.45) is 0 Å². The highest BCUT2D eigenvalue weighted by Crippen LogP contribution is 1.96. The molecule has 0 aliphatic carbocycles. The van der Waals surface area contributed by atoms with E-state index in [-0.39, 0.29) is 59.0 Å². The normalized spacial score (nSPS) is 12.1. The van der Waals surface area contributed by atoms with Gasteiger partial charge in [-0.2, -0.15) is 0 Å². The fourth-order valence-corrected chi connectivity index (χ4v) is 1.12. The summed E-state index contributed by atoms with van der Waals surface area (Å²) < 4.78 is 20.4. The topological polar surface area (TPSA) is 94.5 Å². The third kappa shape index (κ3) is 11.8. The lowest BCUT2D eigenvalue weighted by Gasteiger charge is -2.17. The van der Waals surface area contributed by atoms with Crippen molar-refractivity contribution in [2.45, 2.75) is 6.10 Å². The zero-order chi connectivity index (χ0) is 14.3. The number of ether oxygens (including phenoxy) is 4. The summed E-state index contributed by atoms with van der Waals surface area (Å²) in [4.78, 5) is 10.7. The molecular weight excluding hydrogens is 256 g/mol. The highest BCUT2D eigenvalue weighted by Gasteiger charge is 2.09. The SMILES string of the molecule is C=CC(=O)OCCOCC(COCCO)OCCO. The molecule has 0 aliphatic heterocycles. The summed E-state index contributed by atoms with van der Waals surface area (Å²) in [7, 11) is 0. The molecule has 0 amide bonds. The molecule has 7 heteroatoms. The lowest BCUT2D eigenvalue weighted by molar-refractivity contribution is -0.140. The summed E-state index contributed by atoms with van der Waals surface area (Å²) in [5.74, 6) is -0.497. The average molecular weight is 278 g/mol. The van der Waals surface area contributed by atoms with Crippen molar-refractivity contribution in [1.29, 1.82) is 0 Å². The molecule has 2 N–H and O–H groups in total. The fraction of sp³-hybridized carbons (Fsp3) is 0.750. The van der Waals surface area contributed by atoms with Crippen molar-refractivity contribution in [3.63, 3.8) is 0 Å². The van der Waals surface area contributed by atoms with Gasteiger partial charge in [0.05, 0.1) is 46.2 Å². The van der Waals surface area contributed by atoms with E-state index >= 15 is 0 Å². The summed E-state index contributed by atoms with van der Waals surface area (Å²) in [5, 5.41) is 17.3. The van der Waals surface area contributed by atoms with E-state index in [0.717, 1.165) is 6.08 Å². The Balaban J connectivity index is 3.65. The second kappa shape index (κ2) is 13.4. The van der Waals surface area contributed by atoms with Crippen molar-refractivity contribution in [2.75, 3.05) is 52.9 Å². The first-order chi connectivity index (χ1) is 9.24. The monoisotopic (exact) mass is 278 g/mol. The summed E-state index contributed by atoms with van der Waals surface area (Å²) in [6, 6.07) is 0. The minimum atomic E-state index is -0.497. The van der Waals surface area contributed by atoms with Crippen LogP contribution in [0.3, 0.4) is 0 Å². The average Bonchev–Trinajstić information content (AvgIpc) is 2.43. The van der Waals surface area contributed by atoms with Gasteiger partial charge in [-0.05, 0) is 0 Å². The Hall–Kier alpha value is -0.990. The van der Waals surface area contributed by atoms with E-state index in [4.69, 9.17) is 29.2 Å². The lowest BCUT2D eigenvalue weighted by atomic mass is 10.4. The predicted octanol–water partition coefficient (Wildman–Crippen LogP) is -0.881. The number of hydrogen-bond donors (Lipinski definition) is 2. The maximum Gasteiger partial charge on any atom is 0.330 e. The summed E-state index contributed by atoms with van der Waals surface area (Å²) in [6.45, 7) is 4.39. The second-order valence-corrected chi connectivity index (χ2v) is 3.46. The van der Waals surface area contributed by atoms with Crippen LogP contribution in [-0.4, -0.2) is 75.1 Å². The van der Waals surface area contributed by atoms with Gasteiger partial charge >= 0.3 is 5.97 Å². The van der Waals surface area contributed by atoms with Crippen LogP contribution in [0.25, 0.3) is 0 Å². The van der Waals surface area contributed by atoms with Gasteiger partial charge in [0.15, 0.2) is 0 Å². The van der Waals surface area contributed by atoms with Crippen LogP contribution < -0.4 is 0 Å². The molecule has 0 heterocycles. The number of aliphatic hydroxyl groups is 2. The van der Waals surface area contributed by atoms with Crippen LogP contribution >= 0.6 is 0 Å². The lowest BCUT2D eigenvalue weighted by Crippen LogP contribution is -2.28. The molecule has 19 heavy (non-hydrogen) atoms. The number of esters is 1. The van der Waals surface area contributed by atoms with Gasteiger partial charge in [0.2, 0.25) is 0 Å². The van der Waals surface area contributed by atoms with Gasteiger partial charge < -0.3 is 29.2 Å². The Bertz CT molecular complexity index is 232. The number of hydrogen-bond acceptors (Lipinski definition) is 7. The fourth-order valence-electron chi connectivity index (χ4n) is 1.12. The Kier molecular flexibility index (Phi) is 12.7. The number of aliphatic hydroxyl groups excluding tert-OH is 2. The minimum Gasteiger partial charge on any atom is -0.460 e.